The largest absolute Gasteiger partial charge is 0.493 e. The van der Waals surface area contributed by atoms with Gasteiger partial charge in [-0.2, -0.15) is 9.78 Å². The average molecular weight is 411 g/mol. The van der Waals surface area contributed by atoms with Gasteiger partial charge >= 0.3 is 0 Å². The van der Waals surface area contributed by atoms with E-state index in [1.807, 2.05) is 6.08 Å². The Hall–Kier alpha value is -3.04. The van der Waals surface area contributed by atoms with Gasteiger partial charge in [-0.05, 0) is 43.0 Å². The minimum absolute atomic E-state index is 0.0207. The second kappa shape index (κ2) is 8.37. The Bertz CT molecular complexity index is 976. The van der Waals surface area contributed by atoms with Crippen molar-refractivity contribution in [2.24, 2.45) is 4.99 Å². The monoisotopic (exact) mass is 411 g/mol. The summed E-state index contributed by atoms with van der Waals surface area (Å²) in [6.07, 6.45) is 9.56. The van der Waals surface area contributed by atoms with E-state index in [-0.39, 0.29) is 23.6 Å². The second-order valence-electron chi connectivity index (χ2n) is 7.56. The molecule has 1 unspecified atom stereocenters. The zero-order chi connectivity index (χ0) is 21.1. The summed E-state index contributed by atoms with van der Waals surface area (Å²) in [7, 11) is 3.25. The first-order chi connectivity index (χ1) is 14.5. The summed E-state index contributed by atoms with van der Waals surface area (Å²) in [6, 6.07) is 3.34. The molecule has 2 aromatic heterocycles. The standard InChI is InChI=1S/C21H25N5O4/c1-29-10-8-21(6-7-21)25-19(27)15-3-4-17(23-12-15)26-20(28)16(13-24-26)14-5-9-22-18(11-14)30-2/h3-5,9,12-13,18,28H,6-8,10-11H2,1-2H3,(H,25,27). The smallest absolute Gasteiger partial charge is 0.253 e. The normalized spacial score (nSPS) is 19.4. The lowest BCUT2D eigenvalue weighted by Gasteiger charge is -2.17. The van der Waals surface area contributed by atoms with Gasteiger partial charge in [0.1, 0.15) is 0 Å². The molecule has 1 atom stereocenters. The molecule has 2 aromatic rings. The molecule has 0 spiro atoms. The molecule has 2 N–H and O–H groups in total. The molecule has 1 amide bonds. The van der Waals surface area contributed by atoms with Gasteiger partial charge in [-0.15, -0.1) is 0 Å². The van der Waals surface area contributed by atoms with Gasteiger partial charge in [0.15, 0.2) is 12.0 Å². The Labute approximate surface area is 174 Å². The van der Waals surface area contributed by atoms with Crippen LogP contribution in [0.25, 0.3) is 11.4 Å². The number of pyridine rings is 1. The Balaban J connectivity index is 1.47. The van der Waals surface area contributed by atoms with Crippen LogP contribution in [0.15, 0.2) is 35.6 Å². The number of carbonyl (C=O) groups excluding carboxylic acids is 1. The molecule has 1 aliphatic carbocycles. The maximum Gasteiger partial charge on any atom is 0.253 e. The van der Waals surface area contributed by atoms with E-state index in [1.54, 1.807) is 38.8 Å². The maximum absolute atomic E-state index is 12.6. The van der Waals surface area contributed by atoms with Gasteiger partial charge < -0.3 is 19.9 Å². The van der Waals surface area contributed by atoms with Crippen molar-refractivity contribution in [2.75, 3.05) is 20.8 Å². The van der Waals surface area contributed by atoms with E-state index in [4.69, 9.17) is 9.47 Å². The van der Waals surface area contributed by atoms with Crippen molar-refractivity contribution in [2.45, 2.75) is 37.5 Å². The minimum Gasteiger partial charge on any atom is -0.493 e. The predicted octanol–water partition coefficient (Wildman–Crippen LogP) is 2.10. The molecule has 3 heterocycles. The summed E-state index contributed by atoms with van der Waals surface area (Å²) in [5.41, 5.74) is 1.78. The number of dihydropyridines is 1. The van der Waals surface area contributed by atoms with Crippen LogP contribution in [0.1, 0.15) is 41.6 Å². The molecule has 2 aliphatic rings. The molecule has 1 fully saturated rings. The Kier molecular flexibility index (Phi) is 5.65. The zero-order valence-electron chi connectivity index (χ0n) is 17.0. The maximum atomic E-state index is 12.6. The molecule has 0 saturated heterocycles. The number of hydrogen-bond acceptors (Lipinski definition) is 7. The summed E-state index contributed by atoms with van der Waals surface area (Å²) in [4.78, 5) is 21.1. The van der Waals surface area contributed by atoms with Crippen LogP contribution in [0.2, 0.25) is 0 Å². The zero-order valence-corrected chi connectivity index (χ0v) is 17.0. The van der Waals surface area contributed by atoms with Gasteiger partial charge in [0.05, 0.1) is 17.3 Å². The molecule has 0 radical (unpaired) electrons. The quantitative estimate of drug-likeness (QED) is 0.688. The number of methoxy groups -OCH3 is 2. The van der Waals surface area contributed by atoms with Crippen LogP contribution in [0.5, 0.6) is 5.88 Å². The van der Waals surface area contributed by atoms with E-state index in [0.29, 0.717) is 30.0 Å². The van der Waals surface area contributed by atoms with Crippen molar-refractivity contribution in [3.63, 3.8) is 0 Å². The number of nitrogens with zero attached hydrogens (tertiary/aromatic N) is 4. The Morgan fingerprint density at radius 2 is 2.17 bits per heavy atom. The van der Waals surface area contributed by atoms with Crippen LogP contribution in [0.4, 0.5) is 0 Å². The van der Waals surface area contributed by atoms with Gasteiger partial charge in [-0.25, -0.2) is 4.98 Å². The molecule has 1 aliphatic heterocycles. The molecular weight excluding hydrogens is 386 g/mol. The van der Waals surface area contributed by atoms with Gasteiger partial charge in [-0.1, -0.05) is 0 Å². The summed E-state index contributed by atoms with van der Waals surface area (Å²) in [5, 5.41) is 18.0. The molecule has 9 nitrogen and oxygen atoms in total. The lowest BCUT2D eigenvalue weighted by atomic mass is 10.0. The van der Waals surface area contributed by atoms with E-state index in [2.05, 4.69) is 20.4 Å². The highest BCUT2D eigenvalue weighted by Crippen LogP contribution is 2.39. The first kappa shape index (κ1) is 20.2. The summed E-state index contributed by atoms with van der Waals surface area (Å²) in [6.45, 7) is 0.617. The first-order valence-corrected chi connectivity index (χ1v) is 9.85. The summed E-state index contributed by atoms with van der Waals surface area (Å²) < 4.78 is 11.7. The fourth-order valence-corrected chi connectivity index (χ4v) is 3.46. The van der Waals surface area contributed by atoms with Gasteiger partial charge in [0.2, 0.25) is 5.88 Å². The van der Waals surface area contributed by atoms with E-state index in [1.165, 1.54) is 10.9 Å². The van der Waals surface area contributed by atoms with Crippen LogP contribution in [-0.2, 0) is 9.47 Å². The van der Waals surface area contributed by atoms with E-state index >= 15 is 0 Å². The van der Waals surface area contributed by atoms with E-state index < -0.39 is 0 Å². The average Bonchev–Trinajstić information content (AvgIpc) is 3.43. The van der Waals surface area contributed by atoms with Crippen molar-refractivity contribution in [3.05, 3.63) is 41.7 Å². The third-order valence-electron chi connectivity index (χ3n) is 5.53. The Morgan fingerprint density at radius 3 is 2.83 bits per heavy atom. The van der Waals surface area contributed by atoms with E-state index in [0.717, 1.165) is 24.8 Å². The van der Waals surface area contributed by atoms with Crippen molar-refractivity contribution >= 4 is 17.7 Å². The number of aromatic hydroxyl groups is 1. The highest BCUT2D eigenvalue weighted by atomic mass is 16.5. The van der Waals surface area contributed by atoms with E-state index in [9.17, 15) is 9.90 Å². The van der Waals surface area contributed by atoms with Crippen LogP contribution < -0.4 is 5.32 Å². The highest BCUT2D eigenvalue weighted by molar-refractivity contribution is 5.94. The fraction of sp³-hybridized carbons (Fsp3) is 0.429. The third kappa shape index (κ3) is 4.12. The van der Waals surface area contributed by atoms with Gasteiger partial charge in [0, 0.05) is 45.2 Å². The number of allylic oxidation sites excluding steroid dienone is 1. The number of nitrogens with one attached hydrogen (secondary N) is 1. The number of carbonyl (C=O) groups is 1. The molecule has 1 saturated carbocycles. The topological polar surface area (TPSA) is 111 Å². The number of rotatable bonds is 8. The first-order valence-electron chi connectivity index (χ1n) is 9.85. The second-order valence-corrected chi connectivity index (χ2v) is 7.56. The highest BCUT2D eigenvalue weighted by Gasteiger charge is 2.43. The van der Waals surface area contributed by atoms with Gasteiger partial charge in [0.25, 0.3) is 5.91 Å². The Morgan fingerprint density at radius 1 is 1.33 bits per heavy atom. The van der Waals surface area contributed by atoms with Crippen molar-refractivity contribution in [1.29, 1.82) is 0 Å². The number of aliphatic imine (C=N–C) groups is 1. The summed E-state index contributed by atoms with van der Waals surface area (Å²) >= 11 is 0. The van der Waals surface area contributed by atoms with Crippen LogP contribution in [0.3, 0.4) is 0 Å². The SMILES string of the molecule is COCCC1(NC(=O)c2ccc(-n3ncc(C4=CC=NC(OC)C4)c3O)nc2)CC1. The van der Waals surface area contributed by atoms with Crippen molar-refractivity contribution in [1.82, 2.24) is 20.1 Å². The van der Waals surface area contributed by atoms with Gasteiger partial charge in [-0.3, -0.25) is 9.79 Å². The van der Waals surface area contributed by atoms with Crippen molar-refractivity contribution < 1.29 is 19.4 Å². The third-order valence-corrected chi connectivity index (χ3v) is 5.53. The lowest BCUT2D eigenvalue weighted by molar-refractivity contribution is 0.0916. The molecule has 30 heavy (non-hydrogen) atoms. The number of aromatic nitrogens is 3. The number of ether oxygens (including phenoxy) is 2. The molecule has 4 rings (SSSR count). The fourth-order valence-electron chi connectivity index (χ4n) is 3.46. The van der Waals surface area contributed by atoms with Crippen LogP contribution >= 0.6 is 0 Å². The minimum atomic E-state index is -0.276. The van der Waals surface area contributed by atoms with Crippen molar-refractivity contribution in [3.8, 4) is 11.7 Å². The molecule has 0 aromatic carbocycles. The summed E-state index contributed by atoms with van der Waals surface area (Å²) in [5.74, 6) is 0.238. The lowest BCUT2D eigenvalue weighted by Crippen LogP contribution is -2.37. The molecule has 0 bridgehead atoms. The molecule has 158 valence electrons. The molecular formula is C21H25N5O4. The van der Waals surface area contributed by atoms with Crippen LogP contribution in [-0.4, -0.2) is 64.6 Å². The predicted molar refractivity (Wildman–Crippen MR) is 111 cm³/mol. The number of amides is 1. The number of hydrogen-bond donors (Lipinski definition) is 2. The molecule has 9 heteroatoms. The van der Waals surface area contributed by atoms with Crippen LogP contribution in [0, 0.1) is 0 Å².